The molecule has 3 aromatic rings. The maximum Gasteiger partial charge on any atom is 0.332 e. The minimum atomic E-state index is -0.620. The summed E-state index contributed by atoms with van der Waals surface area (Å²) in [4.78, 5) is 28.3. The zero-order valence-corrected chi connectivity index (χ0v) is 13.2. The number of hydrogen-bond acceptors (Lipinski definition) is 6. The van der Waals surface area contributed by atoms with E-state index in [9.17, 15) is 14.9 Å². The van der Waals surface area contributed by atoms with E-state index < -0.39 is 11.2 Å². The van der Waals surface area contributed by atoms with Crippen molar-refractivity contribution in [2.24, 2.45) is 14.1 Å². The second-order valence-electron chi connectivity index (χ2n) is 5.29. The molecule has 0 atom stereocenters. The van der Waals surface area contributed by atoms with Crippen LogP contribution in [0.5, 0.6) is 0 Å². The summed E-state index contributed by atoms with van der Waals surface area (Å²) >= 11 is 0. The fourth-order valence-corrected chi connectivity index (χ4v) is 2.47. The largest absolute Gasteiger partial charge is 0.441 e. The van der Waals surface area contributed by atoms with Crippen LogP contribution in [0.2, 0.25) is 0 Å². The van der Waals surface area contributed by atoms with Crippen molar-refractivity contribution in [2.45, 2.75) is 6.42 Å². The molecule has 0 fully saturated rings. The molecule has 8 heteroatoms. The molecule has 0 aliphatic rings. The number of aromatic nitrogens is 3. The van der Waals surface area contributed by atoms with Gasteiger partial charge in [-0.15, -0.1) is 0 Å². The minimum Gasteiger partial charge on any atom is -0.441 e. The predicted octanol–water partition coefficient (Wildman–Crippen LogP) is 0.751. The zero-order valence-electron chi connectivity index (χ0n) is 13.2. The maximum atomic E-state index is 12.0. The molecule has 0 saturated heterocycles. The molecule has 0 amide bonds. The summed E-state index contributed by atoms with van der Waals surface area (Å²) in [5, 5.41) is 12.2. The summed E-state index contributed by atoms with van der Waals surface area (Å²) in [5.41, 5.74) is 0.253. The molecule has 0 bridgehead atoms. The lowest BCUT2D eigenvalue weighted by atomic mass is 10.3. The van der Waals surface area contributed by atoms with Crippen molar-refractivity contribution >= 4 is 16.9 Å². The molecule has 8 nitrogen and oxygen atoms in total. The standard InChI is InChI=1S/C16H15N5O3/c1-20-14(10(9-17)15(22)21(2)16(20)23)18-8-7-13-19-11-5-3-4-6-12(11)24-13/h3-6,18H,7-8H2,1-2H3. The molecule has 0 aliphatic heterocycles. The third-order valence-electron chi connectivity index (χ3n) is 3.75. The average Bonchev–Trinajstić information content (AvgIpc) is 3.00. The normalized spacial score (nSPS) is 10.7. The smallest absolute Gasteiger partial charge is 0.332 e. The van der Waals surface area contributed by atoms with E-state index in [1.165, 1.54) is 18.7 Å². The Morgan fingerprint density at radius 3 is 2.71 bits per heavy atom. The van der Waals surface area contributed by atoms with Gasteiger partial charge in [0.1, 0.15) is 17.4 Å². The number of rotatable bonds is 4. The van der Waals surface area contributed by atoms with Crippen LogP contribution in [-0.2, 0) is 20.5 Å². The van der Waals surface area contributed by atoms with Crippen LogP contribution in [0.4, 0.5) is 5.82 Å². The highest BCUT2D eigenvalue weighted by Crippen LogP contribution is 2.15. The van der Waals surface area contributed by atoms with Crippen molar-refractivity contribution < 1.29 is 4.42 Å². The lowest BCUT2D eigenvalue weighted by Crippen LogP contribution is -2.40. The van der Waals surface area contributed by atoms with Gasteiger partial charge in [-0.25, -0.2) is 9.78 Å². The highest BCUT2D eigenvalue weighted by Gasteiger charge is 2.15. The number of nitriles is 1. The Labute approximate surface area is 136 Å². The van der Waals surface area contributed by atoms with E-state index in [0.717, 1.165) is 10.1 Å². The van der Waals surface area contributed by atoms with Crippen molar-refractivity contribution in [3.05, 3.63) is 56.6 Å². The highest BCUT2D eigenvalue weighted by molar-refractivity contribution is 5.72. The molecule has 2 aromatic heterocycles. The average molecular weight is 325 g/mol. The molecule has 0 spiro atoms. The topological polar surface area (TPSA) is 106 Å². The molecular formula is C16H15N5O3. The van der Waals surface area contributed by atoms with Crippen molar-refractivity contribution in [2.75, 3.05) is 11.9 Å². The highest BCUT2D eigenvalue weighted by atomic mass is 16.3. The summed E-state index contributed by atoms with van der Waals surface area (Å²) in [5.74, 6) is 0.734. The van der Waals surface area contributed by atoms with Gasteiger partial charge in [-0.1, -0.05) is 12.1 Å². The van der Waals surface area contributed by atoms with Gasteiger partial charge in [0, 0.05) is 27.1 Å². The van der Waals surface area contributed by atoms with Gasteiger partial charge in [-0.2, -0.15) is 5.26 Å². The number of para-hydroxylation sites is 2. The molecule has 3 rings (SSSR count). The van der Waals surface area contributed by atoms with E-state index in [-0.39, 0.29) is 11.4 Å². The second-order valence-corrected chi connectivity index (χ2v) is 5.29. The van der Waals surface area contributed by atoms with Crippen molar-refractivity contribution in [1.82, 2.24) is 14.1 Å². The molecule has 0 radical (unpaired) electrons. The summed E-state index contributed by atoms with van der Waals surface area (Å²) in [6, 6.07) is 9.28. The second kappa shape index (κ2) is 6.04. The lowest BCUT2D eigenvalue weighted by molar-refractivity contribution is 0.533. The first-order valence-corrected chi connectivity index (χ1v) is 7.31. The van der Waals surface area contributed by atoms with Crippen LogP contribution in [0.25, 0.3) is 11.1 Å². The number of hydrogen-bond donors (Lipinski definition) is 1. The van der Waals surface area contributed by atoms with Crippen LogP contribution in [-0.4, -0.2) is 20.7 Å². The maximum absolute atomic E-state index is 12.0. The number of anilines is 1. The first-order valence-electron chi connectivity index (χ1n) is 7.31. The van der Waals surface area contributed by atoms with Gasteiger partial charge in [-0.05, 0) is 12.1 Å². The molecule has 1 aromatic carbocycles. The summed E-state index contributed by atoms with van der Waals surface area (Å²) in [7, 11) is 2.85. The fraction of sp³-hybridized carbons (Fsp3) is 0.250. The Bertz CT molecular complexity index is 1030. The van der Waals surface area contributed by atoms with E-state index in [1.54, 1.807) is 0 Å². The van der Waals surface area contributed by atoms with E-state index >= 15 is 0 Å². The molecule has 24 heavy (non-hydrogen) atoms. The van der Waals surface area contributed by atoms with Gasteiger partial charge in [0.15, 0.2) is 17.0 Å². The van der Waals surface area contributed by atoms with Gasteiger partial charge in [0.2, 0.25) is 0 Å². The van der Waals surface area contributed by atoms with E-state index in [4.69, 9.17) is 4.42 Å². The van der Waals surface area contributed by atoms with Crippen LogP contribution >= 0.6 is 0 Å². The van der Waals surface area contributed by atoms with E-state index in [1.807, 2.05) is 30.3 Å². The molecular weight excluding hydrogens is 310 g/mol. The summed E-state index contributed by atoms with van der Waals surface area (Å²) < 4.78 is 7.76. The Morgan fingerprint density at radius 2 is 2.00 bits per heavy atom. The lowest BCUT2D eigenvalue weighted by Gasteiger charge is -2.12. The van der Waals surface area contributed by atoms with Crippen LogP contribution in [0.1, 0.15) is 11.5 Å². The molecule has 0 unspecified atom stereocenters. The van der Waals surface area contributed by atoms with Gasteiger partial charge in [-0.3, -0.25) is 13.9 Å². The molecule has 0 saturated carbocycles. The van der Waals surface area contributed by atoms with Gasteiger partial charge in [0.25, 0.3) is 5.56 Å². The van der Waals surface area contributed by atoms with Crippen molar-refractivity contribution in [3.8, 4) is 6.07 Å². The van der Waals surface area contributed by atoms with E-state index in [0.29, 0.717) is 24.4 Å². The quantitative estimate of drug-likeness (QED) is 0.759. The number of nitrogens with one attached hydrogen (secondary N) is 1. The van der Waals surface area contributed by atoms with Crippen molar-refractivity contribution in [3.63, 3.8) is 0 Å². The summed E-state index contributed by atoms with van der Waals surface area (Å²) in [6.45, 7) is 0.363. The van der Waals surface area contributed by atoms with E-state index in [2.05, 4.69) is 10.3 Å². The number of fused-ring (bicyclic) bond motifs is 1. The predicted molar refractivity (Wildman–Crippen MR) is 87.8 cm³/mol. The number of benzene rings is 1. The minimum absolute atomic E-state index is 0.0998. The monoisotopic (exact) mass is 325 g/mol. The Morgan fingerprint density at radius 1 is 1.25 bits per heavy atom. The Balaban J connectivity index is 1.83. The number of oxazole rings is 1. The first kappa shape index (κ1) is 15.6. The van der Waals surface area contributed by atoms with Gasteiger partial charge < -0.3 is 9.73 Å². The fourth-order valence-electron chi connectivity index (χ4n) is 2.47. The molecule has 122 valence electrons. The third kappa shape index (κ3) is 2.56. The Kier molecular flexibility index (Phi) is 3.92. The van der Waals surface area contributed by atoms with Crippen LogP contribution in [0.3, 0.4) is 0 Å². The molecule has 2 heterocycles. The van der Waals surface area contributed by atoms with Crippen LogP contribution in [0, 0.1) is 11.3 Å². The van der Waals surface area contributed by atoms with Gasteiger partial charge in [0.05, 0.1) is 0 Å². The van der Waals surface area contributed by atoms with Crippen LogP contribution < -0.4 is 16.6 Å². The van der Waals surface area contributed by atoms with Crippen LogP contribution in [0.15, 0.2) is 38.3 Å². The number of nitrogens with zero attached hydrogens (tertiary/aromatic N) is 4. The third-order valence-corrected chi connectivity index (χ3v) is 3.75. The first-order chi connectivity index (χ1) is 11.5. The van der Waals surface area contributed by atoms with Gasteiger partial charge >= 0.3 is 5.69 Å². The Hall–Kier alpha value is -3.34. The summed E-state index contributed by atoms with van der Waals surface area (Å²) in [6.07, 6.45) is 0.447. The van der Waals surface area contributed by atoms with Crippen molar-refractivity contribution in [1.29, 1.82) is 5.26 Å². The zero-order chi connectivity index (χ0) is 17.3. The molecule has 1 N–H and O–H groups in total. The SMILES string of the molecule is Cn1c(NCCc2nc3ccccc3o2)c(C#N)c(=O)n(C)c1=O. The molecule has 0 aliphatic carbocycles.